The Morgan fingerprint density at radius 1 is 1.09 bits per heavy atom. The van der Waals surface area contributed by atoms with Crippen LogP contribution < -0.4 is 16.4 Å². The number of hydrogen-bond acceptors (Lipinski definition) is 7. The van der Waals surface area contributed by atoms with Crippen molar-refractivity contribution < 1.29 is 19.1 Å². The van der Waals surface area contributed by atoms with Gasteiger partial charge in [-0.15, -0.1) is 10.2 Å². The largest absolute Gasteiger partial charge is 0.458 e. The van der Waals surface area contributed by atoms with E-state index in [-0.39, 0.29) is 23.9 Å². The molecule has 0 aliphatic carbocycles. The normalized spacial score (nSPS) is 11.5. The Balaban J connectivity index is 1.56. The van der Waals surface area contributed by atoms with Gasteiger partial charge in [-0.1, -0.05) is 54.7 Å². The summed E-state index contributed by atoms with van der Waals surface area (Å²) in [6, 6.07) is 13.5. The number of urea groups is 1. The third kappa shape index (κ3) is 6.84. The maximum absolute atomic E-state index is 12.4. The van der Waals surface area contributed by atoms with Crippen molar-refractivity contribution in [1.82, 2.24) is 15.5 Å². The first kappa shape index (κ1) is 23.9. The minimum Gasteiger partial charge on any atom is -0.458 e. The smallest absolute Gasteiger partial charge is 0.312 e. The molecule has 0 saturated heterocycles. The molecule has 3 aromatic rings. The molecule has 2 aromatic carbocycles. The van der Waals surface area contributed by atoms with Gasteiger partial charge < -0.3 is 21.1 Å². The Kier molecular flexibility index (Phi) is 8.09. The van der Waals surface area contributed by atoms with Crippen LogP contribution in [0.4, 0.5) is 10.5 Å². The van der Waals surface area contributed by atoms with Crippen LogP contribution in [0, 0.1) is 6.92 Å². The summed E-state index contributed by atoms with van der Waals surface area (Å²) in [7, 11) is 0. The highest BCUT2D eigenvalue weighted by Crippen LogP contribution is 2.22. The highest BCUT2D eigenvalue weighted by atomic mass is 32.1. The molecule has 172 valence electrons. The van der Waals surface area contributed by atoms with E-state index in [9.17, 15) is 14.4 Å². The van der Waals surface area contributed by atoms with E-state index < -0.39 is 18.0 Å². The maximum Gasteiger partial charge on any atom is 0.312 e. The van der Waals surface area contributed by atoms with Gasteiger partial charge in [0.1, 0.15) is 6.61 Å². The highest BCUT2D eigenvalue weighted by Gasteiger charge is 2.21. The third-order valence-corrected chi connectivity index (χ3v) is 5.78. The van der Waals surface area contributed by atoms with Crippen molar-refractivity contribution in [3.05, 3.63) is 75.2 Å². The van der Waals surface area contributed by atoms with E-state index in [0.29, 0.717) is 10.7 Å². The number of ether oxygens (including phenoxy) is 1. The van der Waals surface area contributed by atoms with Gasteiger partial charge in [0.2, 0.25) is 5.01 Å². The van der Waals surface area contributed by atoms with Crippen LogP contribution >= 0.6 is 11.3 Å². The number of nitrogens with two attached hydrogens (primary N) is 1. The van der Waals surface area contributed by atoms with Crippen molar-refractivity contribution in [1.29, 1.82) is 0 Å². The predicted molar refractivity (Wildman–Crippen MR) is 125 cm³/mol. The molecule has 0 radical (unpaired) electrons. The molecule has 10 heteroatoms. The third-order valence-electron chi connectivity index (χ3n) is 4.89. The molecule has 3 amide bonds. The van der Waals surface area contributed by atoms with Crippen LogP contribution in [0.25, 0.3) is 0 Å². The molecule has 0 fully saturated rings. The van der Waals surface area contributed by atoms with E-state index in [2.05, 4.69) is 27.8 Å². The lowest BCUT2D eigenvalue weighted by Crippen LogP contribution is -2.35. The van der Waals surface area contributed by atoms with Crippen LogP contribution in [0.15, 0.2) is 48.5 Å². The van der Waals surface area contributed by atoms with Gasteiger partial charge in [-0.2, -0.15) is 0 Å². The van der Waals surface area contributed by atoms with Gasteiger partial charge >= 0.3 is 12.0 Å². The fraction of sp³-hybridized carbons (Fsp3) is 0.261. The predicted octanol–water partition coefficient (Wildman–Crippen LogP) is 3.50. The first-order valence-corrected chi connectivity index (χ1v) is 11.2. The number of aromatic nitrogens is 2. The summed E-state index contributed by atoms with van der Waals surface area (Å²) < 4.78 is 5.28. The number of benzene rings is 2. The van der Waals surface area contributed by atoms with Gasteiger partial charge in [0.25, 0.3) is 5.91 Å². The summed E-state index contributed by atoms with van der Waals surface area (Å²) in [5.41, 5.74) is 8.78. The molecule has 0 spiro atoms. The van der Waals surface area contributed by atoms with E-state index >= 15 is 0 Å². The maximum atomic E-state index is 12.4. The van der Waals surface area contributed by atoms with E-state index in [1.54, 1.807) is 0 Å². The average Bonchev–Trinajstić information content (AvgIpc) is 3.27. The summed E-state index contributed by atoms with van der Waals surface area (Å²) >= 11 is 1.04. The SMILES string of the molecule is CCc1ccc(NC(=O)c2nnc(COC(=O)CC(NC(N)=O)c3ccccc3C)s2)cc1. The van der Waals surface area contributed by atoms with Gasteiger partial charge in [0.05, 0.1) is 12.5 Å². The number of aryl methyl sites for hydroxylation is 2. The zero-order chi connectivity index (χ0) is 23.8. The van der Waals surface area contributed by atoms with Crippen molar-refractivity contribution in [2.45, 2.75) is 39.3 Å². The minimum absolute atomic E-state index is 0.103. The zero-order valence-electron chi connectivity index (χ0n) is 18.3. The molecular formula is C23H25N5O4S. The van der Waals surface area contributed by atoms with Crippen LogP contribution in [-0.4, -0.2) is 28.1 Å². The summed E-state index contributed by atoms with van der Waals surface area (Å²) in [6.45, 7) is 3.80. The molecule has 0 bridgehead atoms. The molecule has 0 aliphatic rings. The summed E-state index contributed by atoms with van der Waals surface area (Å²) in [5.74, 6) is -0.936. The second-order valence-corrected chi connectivity index (χ2v) is 8.35. The van der Waals surface area contributed by atoms with E-state index in [4.69, 9.17) is 10.5 Å². The van der Waals surface area contributed by atoms with Crippen molar-refractivity contribution in [2.75, 3.05) is 5.32 Å². The minimum atomic E-state index is -0.736. The average molecular weight is 468 g/mol. The van der Waals surface area contributed by atoms with E-state index in [1.165, 1.54) is 5.56 Å². The van der Waals surface area contributed by atoms with Gasteiger partial charge in [0, 0.05) is 5.69 Å². The Hall–Kier alpha value is -3.79. The standard InChI is InChI=1S/C23H25N5O4S/c1-3-15-8-10-16(11-9-15)25-21(30)22-28-27-19(33-22)13-32-20(29)12-18(26-23(24)31)17-7-5-4-6-14(17)2/h4-11,18H,3,12-13H2,1-2H3,(H,25,30)(H3,24,26,31). The lowest BCUT2D eigenvalue weighted by molar-refractivity contribution is -0.145. The monoisotopic (exact) mass is 467 g/mol. The number of hydrogen-bond donors (Lipinski definition) is 3. The molecule has 1 aromatic heterocycles. The second kappa shape index (κ2) is 11.2. The van der Waals surface area contributed by atoms with Crippen LogP contribution in [-0.2, 0) is 22.6 Å². The van der Waals surface area contributed by atoms with Gasteiger partial charge in [-0.05, 0) is 42.2 Å². The zero-order valence-corrected chi connectivity index (χ0v) is 19.1. The number of amides is 3. The quantitative estimate of drug-likeness (QED) is 0.412. The molecule has 3 rings (SSSR count). The van der Waals surface area contributed by atoms with Gasteiger partial charge in [-0.3, -0.25) is 9.59 Å². The molecular weight excluding hydrogens is 442 g/mol. The van der Waals surface area contributed by atoms with Gasteiger partial charge in [0.15, 0.2) is 5.01 Å². The number of primary amides is 1. The number of anilines is 1. The number of esters is 1. The summed E-state index contributed by atoms with van der Waals surface area (Å²) in [5, 5.41) is 13.7. The van der Waals surface area contributed by atoms with Crippen molar-refractivity contribution >= 4 is 34.9 Å². The molecule has 0 saturated carbocycles. The fourth-order valence-corrected chi connectivity index (χ4v) is 3.82. The Labute approximate surface area is 195 Å². The highest BCUT2D eigenvalue weighted by molar-refractivity contribution is 7.13. The number of carbonyl (C=O) groups excluding carboxylic acids is 3. The first-order valence-electron chi connectivity index (χ1n) is 10.4. The van der Waals surface area contributed by atoms with Crippen molar-refractivity contribution in [3.63, 3.8) is 0 Å². The molecule has 0 aliphatic heterocycles. The van der Waals surface area contributed by atoms with E-state index in [0.717, 1.165) is 28.9 Å². The topological polar surface area (TPSA) is 136 Å². The van der Waals surface area contributed by atoms with Gasteiger partial charge in [-0.25, -0.2) is 4.79 Å². The van der Waals surface area contributed by atoms with Crippen LogP contribution in [0.5, 0.6) is 0 Å². The number of nitrogens with zero attached hydrogens (tertiary/aromatic N) is 2. The molecule has 1 heterocycles. The number of nitrogens with one attached hydrogen (secondary N) is 2. The van der Waals surface area contributed by atoms with Crippen molar-refractivity contribution in [3.8, 4) is 0 Å². The summed E-state index contributed by atoms with van der Waals surface area (Å²) in [4.78, 5) is 36.2. The number of rotatable bonds is 9. The first-order chi connectivity index (χ1) is 15.9. The van der Waals surface area contributed by atoms with Crippen molar-refractivity contribution in [2.24, 2.45) is 5.73 Å². The Morgan fingerprint density at radius 2 is 1.82 bits per heavy atom. The summed E-state index contributed by atoms with van der Waals surface area (Å²) in [6.07, 6.45) is 0.810. The van der Waals surface area contributed by atoms with Crippen LogP contribution in [0.1, 0.15) is 50.9 Å². The lowest BCUT2D eigenvalue weighted by atomic mass is 9.99. The fourth-order valence-electron chi connectivity index (χ4n) is 3.17. The molecule has 1 atom stereocenters. The van der Waals surface area contributed by atoms with E-state index in [1.807, 2.05) is 55.5 Å². The number of carbonyl (C=O) groups is 3. The second-order valence-electron chi connectivity index (χ2n) is 7.29. The Bertz CT molecular complexity index is 1130. The lowest BCUT2D eigenvalue weighted by Gasteiger charge is -2.19. The van der Waals surface area contributed by atoms with Crippen LogP contribution in [0.2, 0.25) is 0 Å². The molecule has 1 unspecified atom stereocenters. The molecule has 4 N–H and O–H groups in total. The van der Waals surface area contributed by atoms with Crippen LogP contribution in [0.3, 0.4) is 0 Å². The molecule has 33 heavy (non-hydrogen) atoms. The molecule has 9 nitrogen and oxygen atoms in total. The Morgan fingerprint density at radius 3 is 2.48 bits per heavy atom.